The van der Waals surface area contributed by atoms with Crippen LogP contribution in [0.4, 0.5) is 14.9 Å². The van der Waals surface area contributed by atoms with E-state index >= 15 is 0 Å². The van der Waals surface area contributed by atoms with Gasteiger partial charge in [0.25, 0.3) is 0 Å². The van der Waals surface area contributed by atoms with Crippen molar-refractivity contribution in [2.45, 2.75) is 26.3 Å². The Bertz CT molecular complexity index is 996. The number of fused-ring (bicyclic) bond motifs is 1. The molecule has 5 nitrogen and oxygen atoms in total. The SMILES string of the molecule is Cc1onc(-c2c(F)cccc2Cl)c1NC(=O)N1CCc2sccc2[C@@H]1C. The molecule has 0 unspecified atom stereocenters. The van der Waals surface area contributed by atoms with E-state index in [0.717, 1.165) is 6.42 Å². The number of hydrogen-bond acceptors (Lipinski definition) is 4. The molecule has 8 heteroatoms. The van der Waals surface area contributed by atoms with Gasteiger partial charge in [0.05, 0.1) is 16.6 Å². The van der Waals surface area contributed by atoms with Crippen molar-refractivity contribution in [3.8, 4) is 11.3 Å². The van der Waals surface area contributed by atoms with E-state index in [1.54, 1.807) is 29.2 Å². The number of benzene rings is 1. The molecule has 1 aromatic carbocycles. The van der Waals surface area contributed by atoms with Crippen molar-refractivity contribution in [3.63, 3.8) is 0 Å². The maximum atomic E-state index is 14.3. The van der Waals surface area contributed by atoms with Crippen LogP contribution in [0.15, 0.2) is 34.2 Å². The number of carbonyl (C=O) groups is 1. The predicted octanol–water partition coefficient (Wildman–Crippen LogP) is 5.66. The van der Waals surface area contributed by atoms with Gasteiger partial charge in [-0.05, 0) is 49.4 Å². The van der Waals surface area contributed by atoms with Gasteiger partial charge >= 0.3 is 6.03 Å². The summed E-state index contributed by atoms with van der Waals surface area (Å²) < 4.78 is 19.5. The zero-order valence-electron chi connectivity index (χ0n) is 14.8. The van der Waals surface area contributed by atoms with Crippen molar-refractivity contribution in [1.82, 2.24) is 10.1 Å². The van der Waals surface area contributed by atoms with E-state index in [2.05, 4.69) is 16.5 Å². The zero-order chi connectivity index (χ0) is 19.1. The van der Waals surface area contributed by atoms with Crippen LogP contribution in [-0.4, -0.2) is 22.6 Å². The fourth-order valence-electron chi connectivity index (χ4n) is 3.38. The minimum Gasteiger partial charge on any atom is -0.359 e. The van der Waals surface area contributed by atoms with Crippen LogP contribution in [0.3, 0.4) is 0 Å². The fraction of sp³-hybridized carbons (Fsp3) is 0.263. The van der Waals surface area contributed by atoms with E-state index in [1.807, 2.05) is 12.3 Å². The lowest BCUT2D eigenvalue weighted by atomic mass is 10.0. The maximum absolute atomic E-state index is 14.3. The molecule has 4 rings (SSSR count). The third kappa shape index (κ3) is 3.11. The average Bonchev–Trinajstić information content (AvgIpc) is 3.24. The quantitative estimate of drug-likeness (QED) is 0.598. The van der Waals surface area contributed by atoms with Crippen LogP contribution >= 0.6 is 22.9 Å². The van der Waals surface area contributed by atoms with Crippen LogP contribution in [0.25, 0.3) is 11.3 Å². The Morgan fingerprint density at radius 2 is 2.26 bits per heavy atom. The van der Waals surface area contributed by atoms with Gasteiger partial charge in [-0.1, -0.05) is 22.8 Å². The molecule has 1 aliphatic heterocycles. The molecule has 3 aromatic rings. The highest BCUT2D eigenvalue weighted by molar-refractivity contribution is 7.10. The minimum atomic E-state index is -0.527. The standard InChI is InChI=1S/C19H17ClFN3O2S/c1-10-12-7-9-27-15(12)6-8-24(10)19(25)22-17-11(2)26-23-18(17)16-13(20)4-3-5-14(16)21/h3-5,7,9-10H,6,8H2,1-2H3,(H,22,25)/t10-/m0/s1. The summed E-state index contributed by atoms with van der Waals surface area (Å²) in [4.78, 5) is 16.0. The largest absolute Gasteiger partial charge is 0.359 e. The number of amides is 2. The summed E-state index contributed by atoms with van der Waals surface area (Å²) in [7, 11) is 0. The van der Waals surface area contributed by atoms with Gasteiger partial charge in [0.1, 0.15) is 17.2 Å². The molecule has 0 saturated heterocycles. The first-order valence-electron chi connectivity index (χ1n) is 8.52. The molecule has 3 heterocycles. The second-order valence-corrected chi connectivity index (χ2v) is 7.82. The third-order valence-electron chi connectivity index (χ3n) is 4.83. The summed E-state index contributed by atoms with van der Waals surface area (Å²) >= 11 is 7.87. The number of nitrogens with one attached hydrogen (secondary N) is 1. The average molecular weight is 406 g/mol. The summed E-state index contributed by atoms with van der Waals surface area (Å²) in [6.07, 6.45) is 0.819. The van der Waals surface area contributed by atoms with Crippen molar-refractivity contribution < 1.29 is 13.7 Å². The van der Waals surface area contributed by atoms with Crippen molar-refractivity contribution in [1.29, 1.82) is 0 Å². The molecule has 0 saturated carbocycles. The Hall–Kier alpha value is -2.38. The molecule has 2 amide bonds. The van der Waals surface area contributed by atoms with E-state index in [1.165, 1.54) is 22.6 Å². The van der Waals surface area contributed by atoms with Crippen molar-refractivity contribution in [2.75, 3.05) is 11.9 Å². The van der Waals surface area contributed by atoms with Gasteiger partial charge < -0.3 is 14.7 Å². The van der Waals surface area contributed by atoms with E-state index in [4.69, 9.17) is 16.1 Å². The van der Waals surface area contributed by atoms with Gasteiger partial charge in [0, 0.05) is 11.4 Å². The number of aryl methyl sites for hydroxylation is 1. The van der Waals surface area contributed by atoms with Gasteiger partial charge in [-0.15, -0.1) is 11.3 Å². The van der Waals surface area contributed by atoms with Gasteiger partial charge in [-0.3, -0.25) is 0 Å². The van der Waals surface area contributed by atoms with Crippen LogP contribution in [0.2, 0.25) is 5.02 Å². The first-order chi connectivity index (χ1) is 13.0. The van der Waals surface area contributed by atoms with Gasteiger partial charge in [-0.2, -0.15) is 0 Å². The Kier molecular flexibility index (Phi) is 4.65. The smallest absolute Gasteiger partial charge is 0.322 e. The van der Waals surface area contributed by atoms with Crippen LogP contribution < -0.4 is 5.32 Å². The fourth-order valence-corrected chi connectivity index (χ4v) is 4.59. The van der Waals surface area contributed by atoms with Crippen LogP contribution in [-0.2, 0) is 6.42 Å². The van der Waals surface area contributed by atoms with Crippen LogP contribution in [0, 0.1) is 12.7 Å². The highest BCUT2D eigenvalue weighted by Crippen LogP contribution is 2.38. The Morgan fingerprint density at radius 1 is 1.44 bits per heavy atom. The summed E-state index contributed by atoms with van der Waals surface area (Å²) in [5.74, 6) is -0.140. The lowest BCUT2D eigenvalue weighted by Crippen LogP contribution is -2.41. The number of nitrogens with zero attached hydrogens (tertiary/aromatic N) is 2. The topological polar surface area (TPSA) is 58.4 Å². The van der Waals surface area contributed by atoms with Crippen LogP contribution in [0.5, 0.6) is 0 Å². The second-order valence-electron chi connectivity index (χ2n) is 6.41. The third-order valence-corrected chi connectivity index (χ3v) is 6.14. The number of carbonyl (C=O) groups excluding carboxylic acids is 1. The molecule has 0 radical (unpaired) electrons. The summed E-state index contributed by atoms with van der Waals surface area (Å²) in [6.45, 7) is 4.28. The van der Waals surface area contributed by atoms with E-state index < -0.39 is 5.82 Å². The molecule has 0 bridgehead atoms. The molecule has 1 atom stereocenters. The Morgan fingerprint density at radius 3 is 3.04 bits per heavy atom. The Balaban J connectivity index is 1.64. The van der Waals surface area contributed by atoms with E-state index in [9.17, 15) is 9.18 Å². The zero-order valence-corrected chi connectivity index (χ0v) is 16.3. The molecule has 0 spiro atoms. The molecule has 1 aliphatic rings. The van der Waals surface area contributed by atoms with E-state index in [-0.39, 0.29) is 28.4 Å². The van der Waals surface area contributed by atoms with Crippen LogP contribution in [0.1, 0.15) is 29.2 Å². The highest BCUT2D eigenvalue weighted by Gasteiger charge is 2.30. The number of rotatable bonds is 2. The van der Waals surface area contributed by atoms with Gasteiger partial charge in [-0.25, -0.2) is 9.18 Å². The molecular weight excluding hydrogens is 389 g/mol. The summed E-state index contributed by atoms with van der Waals surface area (Å²) in [5.41, 5.74) is 1.79. The predicted molar refractivity (Wildman–Crippen MR) is 104 cm³/mol. The number of hydrogen-bond donors (Lipinski definition) is 1. The summed E-state index contributed by atoms with van der Waals surface area (Å²) in [6, 6.07) is 6.11. The number of aromatic nitrogens is 1. The maximum Gasteiger partial charge on any atom is 0.322 e. The first-order valence-corrected chi connectivity index (χ1v) is 9.77. The Labute approximate surface area is 164 Å². The number of urea groups is 1. The molecule has 140 valence electrons. The molecule has 27 heavy (non-hydrogen) atoms. The van der Waals surface area contributed by atoms with E-state index in [0.29, 0.717) is 18.0 Å². The second kappa shape index (κ2) is 6.98. The highest BCUT2D eigenvalue weighted by atomic mass is 35.5. The molecule has 0 fully saturated rings. The number of thiophene rings is 1. The minimum absolute atomic E-state index is 0.0411. The molecule has 1 N–H and O–H groups in total. The van der Waals surface area contributed by atoms with Crippen molar-refractivity contribution in [3.05, 3.63) is 56.7 Å². The molecular formula is C19H17ClFN3O2S. The van der Waals surface area contributed by atoms with Gasteiger partial charge in [0.15, 0.2) is 5.76 Å². The normalized spacial score (nSPS) is 16.3. The van der Waals surface area contributed by atoms with Crippen molar-refractivity contribution >= 4 is 34.7 Å². The number of anilines is 1. The molecule has 2 aromatic heterocycles. The lowest BCUT2D eigenvalue weighted by molar-refractivity contribution is 0.189. The lowest BCUT2D eigenvalue weighted by Gasteiger charge is -2.33. The number of halogens is 2. The molecule has 0 aliphatic carbocycles. The monoisotopic (exact) mass is 405 g/mol. The summed E-state index contributed by atoms with van der Waals surface area (Å²) in [5, 5.41) is 9.01. The van der Waals surface area contributed by atoms with Crippen molar-refractivity contribution in [2.24, 2.45) is 0 Å². The first kappa shape index (κ1) is 18.0. The van der Waals surface area contributed by atoms with Gasteiger partial charge in [0.2, 0.25) is 0 Å².